The van der Waals surface area contributed by atoms with Crippen LogP contribution in [0.2, 0.25) is 0 Å². The van der Waals surface area contributed by atoms with E-state index in [0.717, 1.165) is 18.8 Å². The number of hydrogen-bond donors (Lipinski definition) is 0. The zero-order chi connectivity index (χ0) is 14.5. The summed E-state index contributed by atoms with van der Waals surface area (Å²) in [7, 11) is 0. The molecule has 1 fully saturated rings. The summed E-state index contributed by atoms with van der Waals surface area (Å²) in [5, 5.41) is 0. The number of carbonyl (C=O) groups excluding carboxylic acids is 1. The number of thioether (sulfide) groups is 1. The maximum absolute atomic E-state index is 12.2. The molecule has 1 saturated heterocycles. The van der Waals surface area contributed by atoms with E-state index >= 15 is 0 Å². The molecule has 0 saturated carbocycles. The van der Waals surface area contributed by atoms with Crippen molar-refractivity contribution in [2.75, 3.05) is 18.8 Å². The summed E-state index contributed by atoms with van der Waals surface area (Å²) in [4.78, 5) is 15.4. The molecule has 1 aliphatic heterocycles. The topological polar surface area (TPSA) is 29.5 Å². The smallest absolute Gasteiger partial charge is 0.223 e. The van der Waals surface area contributed by atoms with Crippen molar-refractivity contribution in [2.24, 2.45) is 0 Å². The molecule has 2 atom stereocenters. The Morgan fingerprint density at radius 2 is 1.85 bits per heavy atom. The number of morpholine rings is 1. The van der Waals surface area contributed by atoms with Gasteiger partial charge in [0.1, 0.15) is 0 Å². The highest BCUT2D eigenvalue weighted by Crippen LogP contribution is 2.20. The van der Waals surface area contributed by atoms with Gasteiger partial charge in [-0.1, -0.05) is 17.7 Å². The molecule has 1 aliphatic rings. The lowest BCUT2D eigenvalue weighted by Crippen LogP contribution is -2.48. The molecular weight excluding hydrogens is 270 g/mol. The minimum Gasteiger partial charge on any atom is -0.372 e. The van der Waals surface area contributed by atoms with E-state index in [1.807, 2.05) is 18.7 Å². The van der Waals surface area contributed by atoms with Gasteiger partial charge >= 0.3 is 0 Å². The Morgan fingerprint density at radius 3 is 2.45 bits per heavy atom. The summed E-state index contributed by atoms with van der Waals surface area (Å²) >= 11 is 1.74. The van der Waals surface area contributed by atoms with E-state index in [9.17, 15) is 4.79 Å². The van der Waals surface area contributed by atoms with Crippen molar-refractivity contribution in [3.05, 3.63) is 29.8 Å². The van der Waals surface area contributed by atoms with Crippen LogP contribution in [-0.2, 0) is 9.53 Å². The first-order valence-electron chi connectivity index (χ1n) is 7.17. The lowest BCUT2D eigenvalue weighted by Gasteiger charge is -2.35. The van der Waals surface area contributed by atoms with Crippen LogP contribution in [0.1, 0.15) is 25.8 Å². The predicted octanol–water partition coefficient (Wildman–Crippen LogP) is 3.11. The van der Waals surface area contributed by atoms with Crippen LogP contribution in [0.15, 0.2) is 29.2 Å². The summed E-state index contributed by atoms with van der Waals surface area (Å²) in [5.41, 5.74) is 1.27. The van der Waals surface area contributed by atoms with E-state index in [1.165, 1.54) is 10.5 Å². The first kappa shape index (κ1) is 15.4. The molecule has 1 aromatic rings. The van der Waals surface area contributed by atoms with E-state index in [4.69, 9.17) is 4.74 Å². The van der Waals surface area contributed by atoms with Gasteiger partial charge in [0.2, 0.25) is 5.91 Å². The van der Waals surface area contributed by atoms with Crippen LogP contribution in [0.25, 0.3) is 0 Å². The quantitative estimate of drug-likeness (QED) is 0.799. The second kappa shape index (κ2) is 7.14. The number of rotatable bonds is 4. The third kappa shape index (κ3) is 4.53. The molecule has 0 aliphatic carbocycles. The summed E-state index contributed by atoms with van der Waals surface area (Å²) in [6.45, 7) is 7.57. The number of hydrogen-bond acceptors (Lipinski definition) is 3. The van der Waals surface area contributed by atoms with Crippen molar-refractivity contribution in [3.8, 4) is 0 Å². The molecule has 2 rings (SSSR count). The Morgan fingerprint density at radius 1 is 1.25 bits per heavy atom. The largest absolute Gasteiger partial charge is 0.372 e. The van der Waals surface area contributed by atoms with Gasteiger partial charge in [-0.05, 0) is 32.9 Å². The van der Waals surface area contributed by atoms with Crippen LogP contribution in [-0.4, -0.2) is 41.9 Å². The average Bonchev–Trinajstić information content (AvgIpc) is 2.40. The second-order valence-corrected chi connectivity index (χ2v) is 6.64. The highest BCUT2D eigenvalue weighted by atomic mass is 32.2. The van der Waals surface area contributed by atoms with Crippen LogP contribution in [0.3, 0.4) is 0 Å². The van der Waals surface area contributed by atoms with Crippen molar-refractivity contribution in [1.82, 2.24) is 4.90 Å². The molecule has 4 heteroatoms. The van der Waals surface area contributed by atoms with Gasteiger partial charge in [0.15, 0.2) is 0 Å². The van der Waals surface area contributed by atoms with Crippen LogP contribution in [0.5, 0.6) is 0 Å². The number of benzene rings is 1. The molecule has 0 N–H and O–H groups in total. The van der Waals surface area contributed by atoms with Crippen LogP contribution >= 0.6 is 11.8 Å². The number of carbonyl (C=O) groups is 1. The monoisotopic (exact) mass is 293 g/mol. The Bertz CT molecular complexity index is 436. The van der Waals surface area contributed by atoms with Crippen molar-refractivity contribution in [2.45, 2.75) is 44.3 Å². The van der Waals surface area contributed by atoms with E-state index in [-0.39, 0.29) is 18.1 Å². The Labute approximate surface area is 125 Å². The van der Waals surface area contributed by atoms with Gasteiger partial charge in [-0.3, -0.25) is 4.79 Å². The summed E-state index contributed by atoms with van der Waals surface area (Å²) in [6.07, 6.45) is 0.887. The number of amides is 1. The number of nitrogens with zero attached hydrogens (tertiary/aromatic N) is 1. The average molecular weight is 293 g/mol. The normalized spacial score (nSPS) is 22.9. The molecule has 0 aromatic heterocycles. The third-order valence-electron chi connectivity index (χ3n) is 3.38. The van der Waals surface area contributed by atoms with E-state index in [2.05, 4.69) is 31.2 Å². The van der Waals surface area contributed by atoms with Crippen molar-refractivity contribution >= 4 is 17.7 Å². The molecule has 1 amide bonds. The van der Waals surface area contributed by atoms with Crippen molar-refractivity contribution in [3.63, 3.8) is 0 Å². The minimum atomic E-state index is 0.146. The molecule has 1 aromatic carbocycles. The maximum atomic E-state index is 12.2. The van der Waals surface area contributed by atoms with Crippen LogP contribution < -0.4 is 0 Å². The van der Waals surface area contributed by atoms with Crippen molar-refractivity contribution in [1.29, 1.82) is 0 Å². The first-order valence-corrected chi connectivity index (χ1v) is 8.16. The zero-order valence-electron chi connectivity index (χ0n) is 12.5. The first-order chi connectivity index (χ1) is 9.54. The van der Waals surface area contributed by atoms with Crippen LogP contribution in [0.4, 0.5) is 0 Å². The van der Waals surface area contributed by atoms with Gasteiger partial charge in [0.05, 0.1) is 12.2 Å². The van der Waals surface area contributed by atoms with Crippen molar-refractivity contribution < 1.29 is 9.53 Å². The SMILES string of the molecule is Cc1ccc(SCCC(=O)N2CC(C)OC(C)C2)cc1. The fourth-order valence-electron chi connectivity index (χ4n) is 2.43. The van der Waals surface area contributed by atoms with Crippen LogP contribution in [0, 0.1) is 6.92 Å². The highest BCUT2D eigenvalue weighted by Gasteiger charge is 2.25. The fraction of sp³-hybridized carbons (Fsp3) is 0.562. The zero-order valence-corrected chi connectivity index (χ0v) is 13.3. The lowest BCUT2D eigenvalue weighted by molar-refractivity contribution is -0.142. The summed E-state index contributed by atoms with van der Waals surface area (Å²) in [6, 6.07) is 8.44. The Kier molecular flexibility index (Phi) is 5.49. The molecule has 3 nitrogen and oxygen atoms in total. The molecule has 20 heavy (non-hydrogen) atoms. The van der Waals surface area contributed by atoms with E-state index in [0.29, 0.717) is 6.42 Å². The summed E-state index contributed by atoms with van der Waals surface area (Å²) in [5.74, 6) is 1.08. The Balaban J connectivity index is 1.76. The number of aryl methyl sites for hydroxylation is 1. The van der Waals surface area contributed by atoms with Gasteiger partial charge in [0.25, 0.3) is 0 Å². The predicted molar refractivity (Wildman–Crippen MR) is 83.1 cm³/mol. The number of ether oxygens (including phenoxy) is 1. The summed E-state index contributed by atoms with van der Waals surface area (Å²) < 4.78 is 5.65. The standard InChI is InChI=1S/C16H23NO2S/c1-12-4-6-15(7-5-12)20-9-8-16(18)17-10-13(2)19-14(3)11-17/h4-7,13-14H,8-11H2,1-3H3. The van der Waals surface area contributed by atoms with Gasteiger partial charge in [-0.25, -0.2) is 0 Å². The molecule has 1 heterocycles. The van der Waals surface area contributed by atoms with E-state index < -0.39 is 0 Å². The molecule has 0 spiro atoms. The molecule has 0 bridgehead atoms. The third-order valence-corrected chi connectivity index (χ3v) is 4.39. The van der Waals surface area contributed by atoms with E-state index in [1.54, 1.807) is 11.8 Å². The highest BCUT2D eigenvalue weighted by molar-refractivity contribution is 7.99. The van der Waals surface area contributed by atoms with Gasteiger partial charge < -0.3 is 9.64 Å². The minimum absolute atomic E-state index is 0.146. The molecular formula is C16H23NO2S. The lowest BCUT2D eigenvalue weighted by atomic mass is 10.2. The van der Waals surface area contributed by atoms with Gasteiger partial charge in [-0.15, -0.1) is 11.8 Å². The fourth-order valence-corrected chi connectivity index (χ4v) is 3.27. The van der Waals surface area contributed by atoms with Gasteiger partial charge in [0, 0.05) is 30.2 Å². The maximum Gasteiger partial charge on any atom is 0.223 e. The second-order valence-electron chi connectivity index (χ2n) is 5.47. The Hall–Kier alpha value is -1.00. The molecule has 2 unspecified atom stereocenters. The van der Waals surface area contributed by atoms with Gasteiger partial charge in [-0.2, -0.15) is 0 Å². The molecule has 0 radical (unpaired) electrons. The molecule has 110 valence electrons.